The number of rotatable bonds is 5. The molecule has 0 amide bonds. The molecule has 0 saturated heterocycles. The Morgan fingerprint density at radius 1 is 1.00 bits per heavy atom. The normalized spacial score (nSPS) is 10.8. The molecule has 1 heterocycles. The van der Waals surface area contributed by atoms with Gasteiger partial charge in [-0.3, -0.25) is 0 Å². The van der Waals surface area contributed by atoms with Crippen LogP contribution in [0.2, 0.25) is 0 Å². The van der Waals surface area contributed by atoms with E-state index in [9.17, 15) is 0 Å². The molecular formula is C17H17NO3. The lowest BCUT2D eigenvalue weighted by Crippen LogP contribution is -2.00. The number of aromatic nitrogens is 1. The van der Waals surface area contributed by atoms with Crippen molar-refractivity contribution in [2.75, 3.05) is 21.0 Å². The van der Waals surface area contributed by atoms with Crippen LogP contribution < -0.4 is 9.47 Å². The maximum Gasteiger partial charge on any atom is 0.188 e. The molecule has 0 fully saturated rings. The van der Waals surface area contributed by atoms with E-state index in [4.69, 9.17) is 14.2 Å². The Bertz CT molecular complexity index is 734. The van der Waals surface area contributed by atoms with Crippen molar-refractivity contribution in [2.45, 2.75) is 0 Å². The maximum atomic E-state index is 5.67. The van der Waals surface area contributed by atoms with Crippen LogP contribution in [0.4, 0.5) is 0 Å². The third-order valence-electron chi connectivity index (χ3n) is 3.34. The molecule has 0 bridgehead atoms. The maximum absolute atomic E-state index is 5.67. The highest BCUT2D eigenvalue weighted by molar-refractivity contribution is 5.92. The van der Waals surface area contributed by atoms with Gasteiger partial charge in [0.25, 0.3) is 0 Å². The molecule has 3 aromatic rings. The minimum atomic E-state index is 0.182. The quantitative estimate of drug-likeness (QED) is 0.724. The molecule has 0 aliphatic heterocycles. The lowest BCUT2D eigenvalue weighted by molar-refractivity contribution is 0.0503. The van der Waals surface area contributed by atoms with Gasteiger partial charge in [0.15, 0.2) is 18.3 Å². The Hall–Kier alpha value is -2.46. The van der Waals surface area contributed by atoms with Crippen LogP contribution in [-0.4, -0.2) is 26.0 Å². The molecular weight excluding hydrogens is 266 g/mol. The summed E-state index contributed by atoms with van der Waals surface area (Å²) in [5.74, 6) is 1.38. The van der Waals surface area contributed by atoms with Gasteiger partial charge in [0.2, 0.25) is 0 Å². The van der Waals surface area contributed by atoms with Crippen molar-refractivity contribution in [3.8, 4) is 22.8 Å². The number of methoxy groups -OCH3 is 2. The van der Waals surface area contributed by atoms with Crippen molar-refractivity contribution < 1.29 is 14.2 Å². The molecule has 0 saturated carbocycles. The van der Waals surface area contributed by atoms with Gasteiger partial charge < -0.3 is 19.2 Å². The van der Waals surface area contributed by atoms with Gasteiger partial charge in [-0.05, 0) is 23.8 Å². The van der Waals surface area contributed by atoms with Crippen molar-refractivity contribution in [1.82, 2.24) is 4.98 Å². The fourth-order valence-electron chi connectivity index (χ4n) is 2.36. The summed E-state index contributed by atoms with van der Waals surface area (Å²) in [6.45, 7) is 0.182. The first kappa shape index (κ1) is 13.5. The van der Waals surface area contributed by atoms with E-state index in [0.29, 0.717) is 11.5 Å². The first-order valence-corrected chi connectivity index (χ1v) is 6.70. The fourth-order valence-corrected chi connectivity index (χ4v) is 2.36. The smallest absolute Gasteiger partial charge is 0.188 e. The van der Waals surface area contributed by atoms with Gasteiger partial charge in [-0.1, -0.05) is 30.3 Å². The van der Waals surface area contributed by atoms with Crippen LogP contribution in [0.25, 0.3) is 22.2 Å². The Morgan fingerprint density at radius 2 is 1.81 bits per heavy atom. The van der Waals surface area contributed by atoms with E-state index < -0.39 is 0 Å². The molecule has 1 N–H and O–H groups in total. The van der Waals surface area contributed by atoms with Gasteiger partial charge >= 0.3 is 0 Å². The average Bonchev–Trinajstić information content (AvgIpc) is 2.97. The van der Waals surface area contributed by atoms with Crippen molar-refractivity contribution >= 4 is 10.9 Å². The van der Waals surface area contributed by atoms with Gasteiger partial charge in [0.05, 0.1) is 7.11 Å². The number of H-pyrrole nitrogens is 1. The van der Waals surface area contributed by atoms with E-state index in [1.807, 2.05) is 30.3 Å². The van der Waals surface area contributed by atoms with E-state index in [1.54, 1.807) is 14.2 Å². The second-order valence-corrected chi connectivity index (χ2v) is 4.66. The third kappa shape index (κ3) is 2.58. The van der Waals surface area contributed by atoms with E-state index in [0.717, 1.165) is 22.2 Å². The molecule has 3 rings (SSSR count). The fraction of sp³-hybridized carbons (Fsp3) is 0.176. The predicted octanol–water partition coefficient (Wildman–Crippen LogP) is 3.83. The highest BCUT2D eigenvalue weighted by Crippen LogP contribution is 2.37. The SMILES string of the molecule is COCOc1c(OC)ccc2[nH]c(-c3ccccc3)cc12. The van der Waals surface area contributed by atoms with Crippen LogP contribution in [0.15, 0.2) is 48.5 Å². The molecule has 4 heteroatoms. The molecule has 0 atom stereocenters. The molecule has 0 unspecified atom stereocenters. The third-order valence-corrected chi connectivity index (χ3v) is 3.34. The van der Waals surface area contributed by atoms with Gasteiger partial charge in [0, 0.05) is 23.7 Å². The number of fused-ring (bicyclic) bond motifs is 1. The standard InChI is InChI=1S/C17H17NO3/c1-19-11-21-17-13-10-15(12-6-4-3-5-7-12)18-14(13)8-9-16(17)20-2/h3-10,18H,11H2,1-2H3. The Kier molecular flexibility index (Phi) is 3.79. The Balaban J connectivity index is 2.12. The minimum Gasteiger partial charge on any atom is -0.493 e. The van der Waals surface area contributed by atoms with Crippen molar-refractivity contribution in [3.63, 3.8) is 0 Å². The van der Waals surface area contributed by atoms with Gasteiger partial charge in [-0.2, -0.15) is 0 Å². The summed E-state index contributed by atoms with van der Waals surface area (Å²) in [6.07, 6.45) is 0. The van der Waals surface area contributed by atoms with E-state index >= 15 is 0 Å². The highest BCUT2D eigenvalue weighted by atomic mass is 16.7. The Labute approximate surface area is 123 Å². The topological polar surface area (TPSA) is 43.5 Å². The summed E-state index contributed by atoms with van der Waals surface area (Å²) in [4.78, 5) is 3.40. The molecule has 0 spiro atoms. The molecule has 0 aliphatic carbocycles. The van der Waals surface area contributed by atoms with E-state index in [-0.39, 0.29) is 6.79 Å². The van der Waals surface area contributed by atoms with E-state index in [1.165, 1.54) is 0 Å². The van der Waals surface area contributed by atoms with Gasteiger partial charge in [0.1, 0.15) is 0 Å². The number of ether oxygens (including phenoxy) is 3. The summed E-state index contributed by atoms with van der Waals surface area (Å²) in [5.41, 5.74) is 3.17. The average molecular weight is 283 g/mol. The zero-order valence-electron chi connectivity index (χ0n) is 12.1. The summed E-state index contributed by atoms with van der Waals surface area (Å²) >= 11 is 0. The van der Waals surface area contributed by atoms with Crippen LogP contribution in [0.1, 0.15) is 0 Å². The van der Waals surface area contributed by atoms with Crippen LogP contribution in [0, 0.1) is 0 Å². The number of nitrogens with one attached hydrogen (secondary N) is 1. The van der Waals surface area contributed by atoms with Crippen LogP contribution in [0.3, 0.4) is 0 Å². The first-order chi connectivity index (χ1) is 10.3. The van der Waals surface area contributed by atoms with Crippen LogP contribution in [-0.2, 0) is 4.74 Å². The molecule has 21 heavy (non-hydrogen) atoms. The van der Waals surface area contributed by atoms with Crippen molar-refractivity contribution in [3.05, 3.63) is 48.5 Å². The lowest BCUT2D eigenvalue weighted by Gasteiger charge is -2.10. The molecule has 2 aromatic carbocycles. The second-order valence-electron chi connectivity index (χ2n) is 4.66. The summed E-state index contributed by atoms with van der Waals surface area (Å²) in [6, 6.07) is 16.1. The molecule has 0 aliphatic rings. The van der Waals surface area contributed by atoms with Crippen LogP contribution in [0.5, 0.6) is 11.5 Å². The van der Waals surface area contributed by atoms with E-state index in [2.05, 4.69) is 23.2 Å². The largest absolute Gasteiger partial charge is 0.493 e. The second kappa shape index (κ2) is 5.89. The number of aromatic amines is 1. The molecule has 0 radical (unpaired) electrons. The van der Waals surface area contributed by atoms with Gasteiger partial charge in [-0.25, -0.2) is 0 Å². The lowest BCUT2D eigenvalue weighted by atomic mass is 10.1. The molecule has 4 nitrogen and oxygen atoms in total. The summed E-state index contributed by atoms with van der Waals surface area (Å²) in [5, 5.41) is 0.977. The van der Waals surface area contributed by atoms with Crippen molar-refractivity contribution in [2.24, 2.45) is 0 Å². The number of hydrogen-bond acceptors (Lipinski definition) is 3. The summed E-state index contributed by atoms with van der Waals surface area (Å²) in [7, 11) is 3.23. The van der Waals surface area contributed by atoms with Crippen LogP contribution >= 0.6 is 0 Å². The highest BCUT2D eigenvalue weighted by Gasteiger charge is 2.13. The predicted molar refractivity (Wildman–Crippen MR) is 82.8 cm³/mol. The monoisotopic (exact) mass is 283 g/mol. The van der Waals surface area contributed by atoms with Crippen molar-refractivity contribution in [1.29, 1.82) is 0 Å². The summed E-state index contributed by atoms with van der Waals surface area (Å²) < 4.78 is 16.0. The Morgan fingerprint density at radius 3 is 2.52 bits per heavy atom. The van der Waals surface area contributed by atoms with Gasteiger partial charge in [-0.15, -0.1) is 0 Å². The minimum absolute atomic E-state index is 0.182. The zero-order valence-corrected chi connectivity index (χ0v) is 12.1. The molecule has 108 valence electrons. The molecule has 1 aromatic heterocycles. The number of hydrogen-bond donors (Lipinski definition) is 1. The first-order valence-electron chi connectivity index (χ1n) is 6.70. The number of benzene rings is 2. The zero-order chi connectivity index (χ0) is 14.7.